The van der Waals surface area contributed by atoms with Gasteiger partial charge in [-0.25, -0.2) is 13.4 Å². The van der Waals surface area contributed by atoms with Gasteiger partial charge in [0.25, 0.3) is 5.56 Å². The lowest BCUT2D eigenvalue weighted by Crippen LogP contribution is -2.19. The number of hydrogen-bond donors (Lipinski definition) is 2. The molecule has 100 valence electrons. The number of aryl methyl sites for hydroxylation is 1. The van der Waals surface area contributed by atoms with E-state index in [4.69, 9.17) is 0 Å². The molecule has 18 heavy (non-hydrogen) atoms. The summed E-state index contributed by atoms with van der Waals surface area (Å²) in [7, 11) is -2.85. The second-order valence-corrected chi connectivity index (χ2v) is 6.81. The van der Waals surface area contributed by atoms with Crippen LogP contribution >= 0.6 is 0 Å². The summed E-state index contributed by atoms with van der Waals surface area (Å²) in [4.78, 5) is 18.2. The summed E-state index contributed by atoms with van der Waals surface area (Å²) in [5, 5.41) is 3.04. The average Bonchev–Trinajstić information content (AvgIpc) is 2.65. The van der Waals surface area contributed by atoms with Crippen LogP contribution in [0.1, 0.15) is 19.2 Å². The van der Waals surface area contributed by atoms with Gasteiger partial charge in [-0.1, -0.05) is 6.92 Å². The third kappa shape index (κ3) is 3.32. The second kappa shape index (κ2) is 5.09. The third-order valence-corrected chi connectivity index (χ3v) is 4.86. The Morgan fingerprint density at radius 2 is 2.33 bits per heavy atom. The number of aromatic amines is 1. The largest absolute Gasteiger partial charge is 0.370 e. The first-order valence-electron chi connectivity index (χ1n) is 6.03. The molecule has 2 N–H and O–H groups in total. The molecule has 0 aromatic carbocycles. The highest BCUT2D eigenvalue weighted by molar-refractivity contribution is 7.91. The second-order valence-electron chi connectivity index (χ2n) is 4.58. The Labute approximate surface area is 106 Å². The van der Waals surface area contributed by atoms with Gasteiger partial charge in [-0.3, -0.25) is 4.79 Å². The van der Waals surface area contributed by atoms with Crippen molar-refractivity contribution >= 4 is 15.7 Å². The van der Waals surface area contributed by atoms with Crippen LogP contribution in [0.3, 0.4) is 0 Å². The number of aromatic nitrogens is 2. The van der Waals surface area contributed by atoms with Crippen LogP contribution in [-0.4, -0.2) is 36.4 Å². The van der Waals surface area contributed by atoms with Crippen LogP contribution < -0.4 is 10.9 Å². The Hall–Kier alpha value is -1.37. The Morgan fingerprint density at radius 3 is 2.94 bits per heavy atom. The van der Waals surface area contributed by atoms with Crippen molar-refractivity contribution in [2.24, 2.45) is 5.92 Å². The van der Waals surface area contributed by atoms with Gasteiger partial charge in [-0.05, 0) is 12.3 Å². The van der Waals surface area contributed by atoms with E-state index in [2.05, 4.69) is 15.3 Å². The van der Waals surface area contributed by atoms with Crippen molar-refractivity contribution in [3.63, 3.8) is 0 Å². The first kappa shape index (κ1) is 13.1. The molecular formula is C11H17N3O3S. The molecule has 1 aromatic rings. The monoisotopic (exact) mass is 271 g/mol. The molecular weight excluding hydrogens is 254 g/mol. The summed E-state index contributed by atoms with van der Waals surface area (Å²) in [6, 6.07) is 1.39. The van der Waals surface area contributed by atoms with E-state index in [1.807, 2.05) is 6.92 Å². The summed E-state index contributed by atoms with van der Waals surface area (Å²) < 4.78 is 22.6. The highest BCUT2D eigenvalue weighted by Gasteiger charge is 2.27. The molecule has 0 spiro atoms. The van der Waals surface area contributed by atoms with Gasteiger partial charge in [-0.2, -0.15) is 0 Å². The number of H-pyrrole nitrogens is 1. The van der Waals surface area contributed by atoms with E-state index < -0.39 is 9.84 Å². The Kier molecular flexibility index (Phi) is 3.70. The molecule has 0 saturated carbocycles. The predicted octanol–water partition coefficient (Wildman–Crippen LogP) is 0.179. The fourth-order valence-corrected chi connectivity index (χ4v) is 3.91. The number of anilines is 1. The average molecular weight is 271 g/mol. The highest BCUT2D eigenvalue weighted by atomic mass is 32.2. The molecule has 0 bridgehead atoms. The van der Waals surface area contributed by atoms with Gasteiger partial charge in [0, 0.05) is 19.0 Å². The topological polar surface area (TPSA) is 91.9 Å². The highest BCUT2D eigenvalue weighted by Crippen LogP contribution is 2.18. The van der Waals surface area contributed by atoms with E-state index in [1.165, 1.54) is 6.07 Å². The van der Waals surface area contributed by atoms with Crippen molar-refractivity contribution < 1.29 is 8.42 Å². The lowest BCUT2D eigenvalue weighted by Gasteiger charge is -2.10. The molecule has 7 heteroatoms. The van der Waals surface area contributed by atoms with Crippen molar-refractivity contribution in [1.29, 1.82) is 0 Å². The smallest absolute Gasteiger partial charge is 0.252 e. The number of rotatable bonds is 4. The lowest BCUT2D eigenvalue weighted by molar-refractivity contribution is 0.595. The van der Waals surface area contributed by atoms with Crippen molar-refractivity contribution in [1.82, 2.24) is 9.97 Å². The molecule has 1 unspecified atom stereocenters. The van der Waals surface area contributed by atoms with E-state index in [0.29, 0.717) is 31.0 Å². The molecule has 0 radical (unpaired) electrons. The van der Waals surface area contributed by atoms with Crippen LogP contribution in [-0.2, 0) is 16.3 Å². The maximum atomic E-state index is 11.3. The fraction of sp³-hybridized carbons (Fsp3) is 0.636. The molecule has 2 heterocycles. The minimum absolute atomic E-state index is 0.112. The van der Waals surface area contributed by atoms with Crippen LogP contribution in [0.15, 0.2) is 10.9 Å². The Morgan fingerprint density at radius 1 is 1.56 bits per heavy atom. The third-order valence-electron chi connectivity index (χ3n) is 3.02. The molecule has 2 rings (SSSR count). The molecule has 1 fully saturated rings. The Balaban J connectivity index is 1.98. The number of nitrogens with zero attached hydrogens (tertiary/aromatic N) is 1. The van der Waals surface area contributed by atoms with Gasteiger partial charge in [0.15, 0.2) is 9.84 Å². The number of nitrogens with one attached hydrogen (secondary N) is 2. The lowest BCUT2D eigenvalue weighted by atomic mass is 10.1. The summed E-state index contributed by atoms with van der Waals surface area (Å²) in [5.41, 5.74) is -0.191. The number of hydrogen-bond acceptors (Lipinski definition) is 5. The zero-order chi connectivity index (χ0) is 13.2. The van der Waals surface area contributed by atoms with Crippen molar-refractivity contribution in [2.45, 2.75) is 19.8 Å². The minimum Gasteiger partial charge on any atom is -0.370 e. The van der Waals surface area contributed by atoms with Crippen LogP contribution in [0.25, 0.3) is 0 Å². The van der Waals surface area contributed by atoms with E-state index in [1.54, 1.807) is 0 Å². The summed E-state index contributed by atoms with van der Waals surface area (Å²) >= 11 is 0. The molecule has 1 aromatic heterocycles. The van der Waals surface area contributed by atoms with E-state index in [-0.39, 0.29) is 23.0 Å². The van der Waals surface area contributed by atoms with Crippen molar-refractivity contribution in [3.05, 3.63) is 22.2 Å². The standard InChI is InChI=1S/C11H17N3O3S/c1-2-9-13-10(5-11(15)14-9)12-6-8-3-4-18(16,17)7-8/h5,8H,2-4,6-7H2,1H3,(H2,12,13,14,15). The van der Waals surface area contributed by atoms with Gasteiger partial charge in [0.1, 0.15) is 11.6 Å². The molecule has 0 aliphatic carbocycles. The van der Waals surface area contributed by atoms with Gasteiger partial charge < -0.3 is 10.3 Å². The van der Waals surface area contributed by atoms with E-state index in [0.717, 1.165) is 0 Å². The van der Waals surface area contributed by atoms with Crippen LogP contribution in [0.4, 0.5) is 5.82 Å². The molecule has 1 atom stereocenters. The summed E-state index contributed by atoms with van der Waals surface area (Å²) in [5.74, 6) is 1.75. The van der Waals surface area contributed by atoms with Gasteiger partial charge in [-0.15, -0.1) is 0 Å². The van der Waals surface area contributed by atoms with E-state index >= 15 is 0 Å². The summed E-state index contributed by atoms with van der Waals surface area (Å²) in [6.45, 7) is 2.45. The first-order chi connectivity index (χ1) is 8.48. The zero-order valence-electron chi connectivity index (χ0n) is 10.3. The van der Waals surface area contributed by atoms with Crippen LogP contribution in [0.2, 0.25) is 0 Å². The maximum Gasteiger partial charge on any atom is 0.252 e. The Bertz CT molecular complexity index is 579. The SMILES string of the molecule is CCc1nc(NCC2CCS(=O)(=O)C2)cc(=O)[nH]1. The first-order valence-corrected chi connectivity index (χ1v) is 7.85. The minimum atomic E-state index is -2.85. The maximum absolute atomic E-state index is 11.3. The predicted molar refractivity (Wildman–Crippen MR) is 69.5 cm³/mol. The molecule has 1 aliphatic heterocycles. The normalized spacial score (nSPS) is 21.9. The number of sulfone groups is 1. The van der Waals surface area contributed by atoms with Crippen molar-refractivity contribution in [2.75, 3.05) is 23.4 Å². The molecule has 1 saturated heterocycles. The van der Waals surface area contributed by atoms with Gasteiger partial charge >= 0.3 is 0 Å². The molecule has 6 nitrogen and oxygen atoms in total. The van der Waals surface area contributed by atoms with Gasteiger partial charge in [0.05, 0.1) is 11.5 Å². The quantitative estimate of drug-likeness (QED) is 0.815. The molecule has 1 aliphatic rings. The zero-order valence-corrected chi connectivity index (χ0v) is 11.1. The summed E-state index contributed by atoms with van der Waals surface area (Å²) in [6.07, 6.45) is 1.34. The molecule has 0 amide bonds. The van der Waals surface area contributed by atoms with Crippen molar-refractivity contribution in [3.8, 4) is 0 Å². The fourth-order valence-electron chi connectivity index (χ4n) is 2.05. The van der Waals surface area contributed by atoms with Gasteiger partial charge in [0.2, 0.25) is 0 Å². The van der Waals surface area contributed by atoms with Crippen LogP contribution in [0.5, 0.6) is 0 Å². The van der Waals surface area contributed by atoms with Crippen LogP contribution in [0, 0.1) is 5.92 Å². The van der Waals surface area contributed by atoms with E-state index in [9.17, 15) is 13.2 Å².